The summed E-state index contributed by atoms with van der Waals surface area (Å²) < 4.78 is 2.32. The van der Waals surface area contributed by atoms with Crippen LogP contribution in [-0.4, -0.2) is 9.55 Å². The highest BCUT2D eigenvalue weighted by Gasteiger charge is 2.22. The van der Waals surface area contributed by atoms with Crippen LogP contribution in [0.2, 0.25) is 0 Å². The summed E-state index contributed by atoms with van der Waals surface area (Å²) in [7, 11) is 0. The van der Waals surface area contributed by atoms with Crippen LogP contribution in [0, 0.1) is 0 Å². The van der Waals surface area contributed by atoms with Gasteiger partial charge in [0, 0.05) is 11.3 Å². The Morgan fingerprint density at radius 2 is 0.872 bits per heavy atom. The minimum absolute atomic E-state index is 0.940. The van der Waals surface area contributed by atoms with E-state index in [0.29, 0.717) is 0 Å². The van der Waals surface area contributed by atoms with Crippen LogP contribution >= 0.6 is 0 Å². The Morgan fingerprint density at radius 1 is 0.340 bits per heavy atom. The predicted molar refractivity (Wildman–Crippen MR) is 198 cm³/mol. The third kappa shape index (κ3) is 4.62. The van der Waals surface area contributed by atoms with Crippen LogP contribution in [0.25, 0.3) is 83.0 Å². The lowest BCUT2D eigenvalue weighted by molar-refractivity contribution is 1.11. The van der Waals surface area contributed by atoms with Gasteiger partial charge in [-0.1, -0.05) is 146 Å². The standard InChI is InChI=1S/C45H30N2/c1-4-15-31(16-5-1)33-19-14-20-35(29-33)43-37-23-10-11-24-38(37)44(39-28-27-34(30-40(39)43)32-17-6-2-7-18-32)45-46-41-25-12-13-26-42(41)47(45)36-21-8-3-9-22-36/h1-30H. The molecule has 0 aliphatic rings. The maximum absolute atomic E-state index is 5.36. The van der Waals surface area contributed by atoms with Gasteiger partial charge in [0.15, 0.2) is 0 Å². The van der Waals surface area contributed by atoms with Gasteiger partial charge < -0.3 is 0 Å². The average molecular weight is 599 g/mol. The zero-order valence-electron chi connectivity index (χ0n) is 25.7. The number of benzene rings is 8. The molecule has 0 aliphatic heterocycles. The summed E-state index contributed by atoms with van der Waals surface area (Å²) in [4.78, 5) is 5.36. The number of rotatable bonds is 5. The number of fused-ring (bicyclic) bond motifs is 3. The van der Waals surface area contributed by atoms with Crippen molar-refractivity contribution in [1.82, 2.24) is 9.55 Å². The third-order valence-corrected chi connectivity index (χ3v) is 9.19. The SMILES string of the molecule is c1ccc(-c2cccc(-c3c4ccccc4c(-c4nc5ccccc5n4-c4ccccc4)c4ccc(-c5ccccc5)cc34)c2)cc1. The van der Waals surface area contributed by atoms with E-state index in [1.165, 1.54) is 54.9 Å². The first-order valence-corrected chi connectivity index (χ1v) is 16.1. The van der Waals surface area contributed by atoms with Crippen molar-refractivity contribution >= 4 is 32.6 Å². The Morgan fingerprint density at radius 3 is 1.60 bits per heavy atom. The average Bonchev–Trinajstić information content (AvgIpc) is 3.54. The van der Waals surface area contributed by atoms with Crippen molar-refractivity contribution < 1.29 is 0 Å². The molecule has 8 aromatic carbocycles. The molecule has 0 aliphatic carbocycles. The van der Waals surface area contributed by atoms with Gasteiger partial charge in [-0.3, -0.25) is 4.57 Å². The van der Waals surface area contributed by atoms with Crippen molar-refractivity contribution in [3.05, 3.63) is 182 Å². The van der Waals surface area contributed by atoms with Gasteiger partial charge in [0.25, 0.3) is 0 Å². The van der Waals surface area contributed by atoms with Gasteiger partial charge in [0.05, 0.1) is 11.0 Å². The van der Waals surface area contributed by atoms with E-state index in [4.69, 9.17) is 4.98 Å². The van der Waals surface area contributed by atoms with E-state index < -0.39 is 0 Å². The van der Waals surface area contributed by atoms with Crippen molar-refractivity contribution in [2.75, 3.05) is 0 Å². The van der Waals surface area contributed by atoms with E-state index in [0.717, 1.165) is 28.1 Å². The minimum Gasteiger partial charge on any atom is -0.292 e. The zero-order valence-corrected chi connectivity index (χ0v) is 25.7. The molecule has 0 spiro atoms. The highest BCUT2D eigenvalue weighted by molar-refractivity contribution is 6.22. The van der Waals surface area contributed by atoms with E-state index in [2.05, 4.69) is 187 Å². The van der Waals surface area contributed by atoms with Crippen molar-refractivity contribution in [3.8, 4) is 50.5 Å². The van der Waals surface area contributed by atoms with Crippen molar-refractivity contribution in [2.45, 2.75) is 0 Å². The molecule has 9 rings (SSSR count). The second-order valence-electron chi connectivity index (χ2n) is 12.0. The van der Waals surface area contributed by atoms with Gasteiger partial charge in [-0.25, -0.2) is 4.98 Å². The summed E-state index contributed by atoms with van der Waals surface area (Å²) in [5, 5.41) is 4.77. The second-order valence-corrected chi connectivity index (χ2v) is 12.0. The molecule has 0 bridgehead atoms. The fraction of sp³-hybridized carbons (Fsp3) is 0. The van der Waals surface area contributed by atoms with Crippen LogP contribution < -0.4 is 0 Å². The maximum Gasteiger partial charge on any atom is 0.146 e. The molecule has 0 N–H and O–H groups in total. The van der Waals surface area contributed by atoms with E-state index in [1.54, 1.807) is 0 Å². The molecule has 2 nitrogen and oxygen atoms in total. The smallest absolute Gasteiger partial charge is 0.146 e. The van der Waals surface area contributed by atoms with Crippen LogP contribution in [0.15, 0.2) is 182 Å². The molecule has 47 heavy (non-hydrogen) atoms. The second kappa shape index (κ2) is 11.3. The molecule has 9 aromatic rings. The van der Waals surface area contributed by atoms with Crippen LogP contribution in [0.3, 0.4) is 0 Å². The molecular formula is C45H30N2. The van der Waals surface area contributed by atoms with Gasteiger partial charge in [-0.15, -0.1) is 0 Å². The number of para-hydroxylation sites is 3. The largest absolute Gasteiger partial charge is 0.292 e. The Hall–Kier alpha value is -6.25. The summed E-state index contributed by atoms with van der Waals surface area (Å²) in [6.07, 6.45) is 0. The molecule has 0 radical (unpaired) electrons. The Labute approximate surface area is 273 Å². The van der Waals surface area contributed by atoms with Gasteiger partial charge in [0.2, 0.25) is 0 Å². The Kier molecular flexibility index (Phi) is 6.50. The monoisotopic (exact) mass is 598 g/mol. The lowest BCUT2D eigenvalue weighted by Gasteiger charge is -2.19. The predicted octanol–water partition coefficient (Wildman–Crippen LogP) is 12.0. The quantitative estimate of drug-likeness (QED) is 0.180. The molecule has 2 heteroatoms. The molecule has 0 amide bonds. The Balaban J connectivity index is 1.42. The summed E-state index contributed by atoms with van der Waals surface area (Å²) in [5.41, 5.74) is 11.5. The molecule has 0 unspecified atom stereocenters. The summed E-state index contributed by atoms with van der Waals surface area (Å²) in [5.74, 6) is 0.940. The molecule has 0 saturated heterocycles. The first-order chi connectivity index (χ1) is 23.3. The molecule has 0 atom stereocenters. The highest BCUT2D eigenvalue weighted by atomic mass is 15.1. The van der Waals surface area contributed by atoms with E-state index in [1.807, 2.05) is 0 Å². The molecule has 1 aromatic heterocycles. The maximum atomic E-state index is 5.36. The first kappa shape index (κ1) is 27.1. The molecule has 1 heterocycles. The van der Waals surface area contributed by atoms with E-state index in [9.17, 15) is 0 Å². The molecular weight excluding hydrogens is 569 g/mol. The van der Waals surface area contributed by atoms with Gasteiger partial charge in [-0.2, -0.15) is 0 Å². The highest BCUT2D eigenvalue weighted by Crippen LogP contribution is 2.46. The number of hydrogen-bond donors (Lipinski definition) is 0. The van der Waals surface area contributed by atoms with Crippen LogP contribution in [-0.2, 0) is 0 Å². The van der Waals surface area contributed by atoms with Gasteiger partial charge in [-0.05, 0) is 91.3 Å². The van der Waals surface area contributed by atoms with Crippen molar-refractivity contribution in [3.63, 3.8) is 0 Å². The van der Waals surface area contributed by atoms with Crippen LogP contribution in [0.4, 0.5) is 0 Å². The molecule has 0 saturated carbocycles. The lowest BCUT2D eigenvalue weighted by Crippen LogP contribution is -2.00. The van der Waals surface area contributed by atoms with Crippen LogP contribution in [0.1, 0.15) is 0 Å². The number of nitrogens with zero attached hydrogens (tertiary/aromatic N) is 2. The Bertz CT molecular complexity index is 2550. The lowest BCUT2D eigenvalue weighted by atomic mass is 9.86. The fourth-order valence-electron chi connectivity index (χ4n) is 7.06. The van der Waals surface area contributed by atoms with E-state index >= 15 is 0 Å². The normalized spacial score (nSPS) is 11.4. The van der Waals surface area contributed by atoms with Crippen molar-refractivity contribution in [1.29, 1.82) is 0 Å². The zero-order chi connectivity index (χ0) is 31.2. The van der Waals surface area contributed by atoms with Gasteiger partial charge in [0.1, 0.15) is 5.82 Å². The van der Waals surface area contributed by atoms with Gasteiger partial charge >= 0.3 is 0 Å². The summed E-state index contributed by atoms with van der Waals surface area (Å²) >= 11 is 0. The van der Waals surface area contributed by atoms with Crippen molar-refractivity contribution in [2.24, 2.45) is 0 Å². The molecule has 0 fully saturated rings. The van der Waals surface area contributed by atoms with E-state index in [-0.39, 0.29) is 0 Å². The number of imidazole rings is 1. The summed E-state index contributed by atoms with van der Waals surface area (Å²) in [6, 6.07) is 65.1. The summed E-state index contributed by atoms with van der Waals surface area (Å²) in [6.45, 7) is 0. The number of hydrogen-bond acceptors (Lipinski definition) is 1. The minimum atomic E-state index is 0.940. The fourth-order valence-corrected chi connectivity index (χ4v) is 7.06. The molecule has 220 valence electrons. The number of aromatic nitrogens is 2. The topological polar surface area (TPSA) is 17.8 Å². The third-order valence-electron chi connectivity index (χ3n) is 9.19. The van der Waals surface area contributed by atoms with Crippen LogP contribution in [0.5, 0.6) is 0 Å². The first-order valence-electron chi connectivity index (χ1n) is 16.1.